The van der Waals surface area contributed by atoms with Gasteiger partial charge < -0.3 is 5.32 Å². The van der Waals surface area contributed by atoms with E-state index in [1.165, 1.54) is 17.5 Å². The molecule has 0 aliphatic rings. The van der Waals surface area contributed by atoms with Gasteiger partial charge in [-0.05, 0) is 39.5 Å². The predicted octanol–water partition coefficient (Wildman–Crippen LogP) is 3.03. The van der Waals surface area contributed by atoms with Crippen molar-refractivity contribution >= 4 is 39.0 Å². The zero-order chi connectivity index (χ0) is 12.3. The lowest BCUT2D eigenvalue weighted by Gasteiger charge is -2.02. The zero-order valence-corrected chi connectivity index (χ0v) is 10.9. The molecular formula is C11H6BrN3OS. The van der Waals surface area contributed by atoms with Gasteiger partial charge in [0.1, 0.15) is 16.8 Å². The molecule has 0 fully saturated rings. The number of aromatic nitrogens is 1. The van der Waals surface area contributed by atoms with Crippen molar-refractivity contribution in [2.24, 2.45) is 0 Å². The molecule has 0 bridgehead atoms. The summed E-state index contributed by atoms with van der Waals surface area (Å²) in [7, 11) is 0. The molecule has 6 heteroatoms. The summed E-state index contributed by atoms with van der Waals surface area (Å²) in [5, 5.41) is 13.1. The zero-order valence-electron chi connectivity index (χ0n) is 8.48. The van der Waals surface area contributed by atoms with E-state index in [1.807, 2.05) is 17.5 Å². The fraction of sp³-hybridized carbons (Fsp3) is 0. The highest BCUT2D eigenvalue weighted by molar-refractivity contribution is 9.10. The number of hydrogen-bond donors (Lipinski definition) is 1. The number of pyridine rings is 1. The first-order chi connectivity index (χ1) is 8.20. The van der Waals surface area contributed by atoms with Crippen LogP contribution in [0, 0.1) is 11.3 Å². The van der Waals surface area contributed by atoms with Gasteiger partial charge in [0.05, 0.1) is 5.56 Å². The molecule has 84 valence electrons. The summed E-state index contributed by atoms with van der Waals surface area (Å²) in [6.07, 6.45) is 1.42. The second kappa shape index (κ2) is 5.08. The Hall–Kier alpha value is -1.71. The van der Waals surface area contributed by atoms with E-state index in [0.29, 0.717) is 16.3 Å². The van der Waals surface area contributed by atoms with Gasteiger partial charge in [-0.2, -0.15) is 5.26 Å². The summed E-state index contributed by atoms with van der Waals surface area (Å²) in [4.78, 5) is 16.4. The number of anilines is 1. The van der Waals surface area contributed by atoms with Crippen molar-refractivity contribution in [2.75, 3.05) is 5.32 Å². The van der Waals surface area contributed by atoms with Crippen molar-refractivity contribution in [1.82, 2.24) is 4.98 Å². The Bertz CT molecular complexity index is 586. The number of carbonyl (C=O) groups is 1. The van der Waals surface area contributed by atoms with Gasteiger partial charge in [-0.1, -0.05) is 0 Å². The highest BCUT2D eigenvalue weighted by atomic mass is 79.9. The number of amides is 1. The molecule has 0 unspecified atom stereocenters. The Balaban J connectivity index is 2.14. The van der Waals surface area contributed by atoms with Crippen molar-refractivity contribution < 1.29 is 4.79 Å². The molecule has 2 rings (SSSR count). The van der Waals surface area contributed by atoms with Gasteiger partial charge in [-0.25, -0.2) is 4.98 Å². The molecule has 0 atom stereocenters. The van der Waals surface area contributed by atoms with Crippen molar-refractivity contribution in [1.29, 1.82) is 5.26 Å². The summed E-state index contributed by atoms with van der Waals surface area (Å²) in [6.45, 7) is 0. The van der Waals surface area contributed by atoms with Crippen LogP contribution in [0.15, 0.2) is 34.2 Å². The number of nitriles is 1. The molecule has 0 saturated carbocycles. The quantitative estimate of drug-likeness (QED) is 0.927. The molecule has 17 heavy (non-hydrogen) atoms. The van der Waals surface area contributed by atoms with Crippen molar-refractivity contribution in [3.63, 3.8) is 0 Å². The summed E-state index contributed by atoms with van der Waals surface area (Å²) < 4.78 is 0.758. The SMILES string of the molecule is N#Cc1ccc(NC(=O)c2sccc2Br)nc1. The number of rotatable bonds is 2. The monoisotopic (exact) mass is 307 g/mol. The molecule has 0 saturated heterocycles. The fourth-order valence-electron chi connectivity index (χ4n) is 1.16. The standard InChI is InChI=1S/C11H6BrN3OS/c12-8-3-4-17-10(8)11(16)15-9-2-1-7(5-13)6-14-9/h1-4,6H,(H,14,15,16). The Morgan fingerprint density at radius 1 is 1.47 bits per heavy atom. The first kappa shape index (κ1) is 11.8. The van der Waals surface area contributed by atoms with Crippen LogP contribution in [-0.2, 0) is 0 Å². The fourth-order valence-corrected chi connectivity index (χ4v) is 2.61. The minimum atomic E-state index is -0.218. The second-order valence-corrected chi connectivity index (χ2v) is 4.87. The molecule has 0 aliphatic carbocycles. The van der Waals surface area contributed by atoms with Gasteiger partial charge >= 0.3 is 0 Å². The molecule has 2 heterocycles. The molecule has 1 amide bonds. The van der Waals surface area contributed by atoms with E-state index >= 15 is 0 Å². The molecule has 0 aromatic carbocycles. The molecule has 2 aromatic heterocycles. The van der Waals surface area contributed by atoms with Gasteiger partial charge in [0, 0.05) is 10.7 Å². The number of nitrogens with one attached hydrogen (secondary N) is 1. The first-order valence-electron chi connectivity index (χ1n) is 4.61. The van der Waals surface area contributed by atoms with Gasteiger partial charge in [-0.15, -0.1) is 11.3 Å². The highest BCUT2D eigenvalue weighted by Gasteiger charge is 2.11. The Kier molecular flexibility index (Phi) is 3.52. The van der Waals surface area contributed by atoms with E-state index in [-0.39, 0.29) is 5.91 Å². The summed E-state index contributed by atoms with van der Waals surface area (Å²) in [5.41, 5.74) is 0.459. The lowest BCUT2D eigenvalue weighted by Crippen LogP contribution is -2.11. The van der Waals surface area contributed by atoms with Crippen LogP contribution >= 0.6 is 27.3 Å². The van der Waals surface area contributed by atoms with Gasteiger partial charge in [0.15, 0.2) is 0 Å². The second-order valence-electron chi connectivity index (χ2n) is 3.10. The number of thiophene rings is 1. The average molecular weight is 308 g/mol. The van der Waals surface area contributed by atoms with Gasteiger partial charge in [0.2, 0.25) is 0 Å². The number of hydrogen-bond acceptors (Lipinski definition) is 4. The smallest absolute Gasteiger partial charge is 0.268 e. The number of nitrogens with zero attached hydrogens (tertiary/aromatic N) is 2. The number of halogens is 1. The third-order valence-electron chi connectivity index (χ3n) is 1.96. The topological polar surface area (TPSA) is 65.8 Å². The molecule has 4 nitrogen and oxygen atoms in total. The van der Waals surface area contributed by atoms with Crippen LogP contribution in [0.1, 0.15) is 15.2 Å². The lowest BCUT2D eigenvalue weighted by atomic mass is 10.3. The Morgan fingerprint density at radius 3 is 2.82 bits per heavy atom. The van der Waals surface area contributed by atoms with E-state index in [9.17, 15) is 4.79 Å². The highest BCUT2D eigenvalue weighted by Crippen LogP contribution is 2.23. The van der Waals surface area contributed by atoms with E-state index in [0.717, 1.165) is 4.47 Å². The van der Waals surface area contributed by atoms with Gasteiger partial charge in [0.25, 0.3) is 5.91 Å². The van der Waals surface area contributed by atoms with Crippen LogP contribution in [0.3, 0.4) is 0 Å². The van der Waals surface area contributed by atoms with Crippen LogP contribution in [0.5, 0.6) is 0 Å². The molecular weight excluding hydrogens is 302 g/mol. The maximum Gasteiger partial charge on any atom is 0.268 e. The van der Waals surface area contributed by atoms with Crippen LogP contribution < -0.4 is 5.32 Å². The molecule has 0 aliphatic heterocycles. The summed E-state index contributed by atoms with van der Waals surface area (Å²) in [5.74, 6) is 0.207. The van der Waals surface area contributed by atoms with Crippen LogP contribution in [0.4, 0.5) is 5.82 Å². The van der Waals surface area contributed by atoms with E-state index < -0.39 is 0 Å². The van der Waals surface area contributed by atoms with E-state index in [2.05, 4.69) is 26.2 Å². The Morgan fingerprint density at radius 2 is 2.29 bits per heavy atom. The van der Waals surface area contributed by atoms with Crippen molar-refractivity contribution in [2.45, 2.75) is 0 Å². The maximum atomic E-state index is 11.8. The summed E-state index contributed by atoms with van der Waals surface area (Å²) >= 11 is 4.63. The van der Waals surface area contributed by atoms with E-state index in [4.69, 9.17) is 5.26 Å². The van der Waals surface area contributed by atoms with Crippen LogP contribution in [0.2, 0.25) is 0 Å². The normalized spacial score (nSPS) is 9.65. The largest absolute Gasteiger partial charge is 0.306 e. The summed E-state index contributed by atoms with van der Waals surface area (Å²) in [6, 6.07) is 6.97. The van der Waals surface area contributed by atoms with Crippen molar-refractivity contribution in [3.8, 4) is 6.07 Å². The first-order valence-corrected chi connectivity index (χ1v) is 6.28. The minimum Gasteiger partial charge on any atom is -0.306 e. The molecule has 0 spiro atoms. The lowest BCUT2D eigenvalue weighted by molar-refractivity contribution is 0.102. The maximum absolute atomic E-state index is 11.8. The molecule has 2 aromatic rings. The van der Waals surface area contributed by atoms with Crippen LogP contribution in [-0.4, -0.2) is 10.9 Å². The minimum absolute atomic E-state index is 0.218. The van der Waals surface area contributed by atoms with Crippen LogP contribution in [0.25, 0.3) is 0 Å². The Labute approximate surface area is 110 Å². The molecule has 0 radical (unpaired) electrons. The third kappa shape index (κ3) is 2.70. The predicted molar refractivity (Wildman–Crippen MR) is 68.9 cm³/mol. The van der Waals surface area contributed by atoms with E-state index in [1.54, 1.807) is 12.1 Å². The van der Waals surface area contributed by atoms with Gasteiger partial charge in [-0.3, -0.25) is 4.79 Å². The van der Waals surface area contributed by atoms with Crippen molar-refractivity contribution in [3.05, 3.63) is 44.7 Å². The average Bonchev–Trinajstić information content (AvgIpc) is 2.76. The molecule has 1 N–H and O–H groups in total. The third-order valence-corrected chi connectivity index (χ3v) is 3.79. The number of carbonyl (C=O) groups excluding carboxylic acids is 1.